The Balaban J connectivity index is 1.53. The van der Waals surface area contributed by atoms with Crippen LogP contribution in [0.4, 0.5) is 9.59 Å². The summed E-state index contributed by atoms with van der Waals surface area (Å²) in [5, 5.41) is 8.26. The van der Waals surface area contributed by atoms with Gasteiger partial charge in [0.2, 0.25) is 5.91 Å². The lowest BCUT2D eigenvalue weighted by Gasteiger charge is -2.22. The number of alkyl carbamates (subject to hydrolysis) is 2. The zero-order valence-electron chi connectivity index (χ0n) is 29.6. The Kier molecular flexibility index (Phi) is 15.3. The minimum atomic E-state index is -0.844. The van der Waals surface area contributed by atoms with E-state index in [2.05, 4.69) is 28.1 Å². The number of carbonyl (C=O) groups excluding carboxylic acids is 5. The molecule has 1 aliphatic rings. The molecule has 0 spiro atoms. The molecule has 2 aromatic carbocycles. The first-order valence-corrected chi connectivity index (χ1v) is 17.5. The van der Waals surface area contributed by atoms with Crippen molar-refractivity contribution in [3.63, 3.8) is 0 Å². The Morgan fingerprint density at radius 3 is 1.94 bits per heavy atom. The molecule has 11 heteroatoms. The maximum Gasteiger partial charge on any atom is 0.407 e. The van der Waals surface area contributed by atoms with E-state index in [0.717, 1.165) is 22.3 Å². The topological polar surface area (TPSA) is 166 Å². The number of rotatable bonds is 19. The quantitative estimate of drug-likeness (QED) is 0.136. The van der Waals surface area contributed by atoms with Crippen LogP contribution in [0.5, 0.6) is 0 Å². The van der Waals surface area contributed by atoms with E-state index in [1.54, 1.807) is 34.6 Å². The van der Waals surface area contributed by atoms with Crippen LogP contribution in [-0.4, -0.2) is 67.0 Å². The van der Waals surface area contributed by atoms with E-state index in [0.29, 0.717) is 51.6 Å². The molecule has 0 fully saturated rings. The molecular weight excluding hydrogens is 624 g/mol. The van der Waals surface area contributed by atoms with Crippen molar-refractivity contribution >= 4 is 29.7 Å². The van der Waals surface area contributed by atoms with E-state index in [-0.39, 0.29) is 36.9 Å². The normalized spacial score (nSPS) is 14.1. The van der Waals surface area contributed by atoms with Crippen molar-refractivity contribution in [3.8, 4) is 11.1 Å². The molecule has 1 aliphatic carbocycles. The maximum absolute atomic E-state index is 13.4. The predicted octanol–water partition coefficient (Wildman–Crippen LogP) is 5.78. The number of fused-ring (bicyclic) bond motifs is 3. The van der Waals surface area contributed by atoms with Crippen LogP contribution in [0.25, 0.3) is 11.1 Å². The molecule has 0 radical (unpaired) electrons. The molecule has 0 saturated heterocycles. The van der Waals surface area contributed by atoms with Crippen molar-refractivity contribution in [2.45, 2.75) is 110 Å². The minimum absolute atomic E-state index is 0.108. The number of ether oxygens (including phenoxy) is 2. The average Bonchev–Trinajstić information content (AvgIpc) is 3.38. The first-order chi connectivity index (χ1) is 23.3. The van der Waals surface area contributed by atoms with Gasteiger partial charge in [-0.1, -0.05) is 62.4 Å². The van der Waals surface area contributed by atoms with Crippen molar-refractivity contribution in [1.29, 1.82) is 0 Å². The van der Waals surface area contributed by atoms with E-state index in [1.807, 2.05) is 36.4 Å². The fourth-order valence-electron chi connectivity index (χ4n) is 5.98. The van der Waals surface area contributed by atoms with Gasteiger partial charge in [0.05, 0.1) is 12.1 Å². The predicted molar refractivity (Wildman–Crippen MR) is 189 cm³/mol. The number of carbonyl (C=O) groups is 5. The summed E-state index contributed by atoms with van der Waals surface area (Å²) in [5.74, 6) is -1.65. The van der Waals surface area contributed by atoms with Gasteiger partial charge >= 0.3 is 12.2 Å². The first kappa shape index (κ1) is 39.2. The number of nitrogens with two attached hydrogens (primary N) is 1. The second kappa shape index (κ2) is 19.1. The standard InChI is InChI=1S/C38H54N4O7/c1-6-33(43)31(20-12-14-22-40-36(46)49-38(3,4)5)41-35(45)25(2)23-34(44)32(19-11-13-21-39)42-37(47)48-24-30-28-17-9-7-15-26(28)27-16-8-10-18-29(27)30/h7-10,15-18,25,30-32H,6,11-14,19-24,39H2,1-5H3,(H,40,46)(H,41,45)(H,42,47). The number of Topliss-reactive ketones (excluding diaryl/α,β-unsaturated/α-hetero) is 2. The minimum Gasteiger partial charge on any atom is -0.449 e. The van der Waals surface area contributed by atoms with Gasteiger partial charge in [-0.15, -0.1) is 0 Å². The van der Waals surface area contributed by atoms with Crippen LogP contribution in [0.15, 0.2) is 48.5 Å². The number of unbranched alkanes of at least 4 members (excludes halogenated alkanes) is 2. The Hall–Kier alpha value is -4.25. The van der Waals surface area contributed by atoms with E-state index >= 15 is 0 Å². The van der Waals surface area contributed by atoms with Gasteiger partial charge in [0.1, 0.15) is 12.2 Å². The van der Waals surface area contributed by atoms with Gasteiger partial charge in [0.25, 0.3) is 0 Å². The molecule has 268 valence electrons. The van der Waals surface area contributed by atoms with Crippen LogP contribution < -0.4 is 21.7 Å². The molecule has 3 rings (SSSR count). The number of ketones is 2. The molecule has 5 N–H and O–H groups in total. The molecule has 0 saturated carbocycles. The second-order valence-corrected chi connectivity index (χ2v) is 13.7. The smallest absolute Gasteiger partial charge is 0.407 e. The highest BCUT2D eigenvalue weighted by Gasteiger charge is 2.31. The molecule has 2 aromatic rings. The average molecular weight is 679 g/mol. The van der Waals surface area contributed by atoms with Gasteiger partial charge in [-0.2, -0.15) is 0 Å². The van der Waals surface area contributed by atoms with Gasteiger partial charge in [-0.25, -0.2) is 9.59 Å². The Morgan fingerprint density at radius 1 is 0.796 bits per heavy atom. The lowest BCUT2D eigenvalue weighted by atomic mass is 9.95. The Labute approximate surface area is 290 Å². The van der Waals surface area contributed by atoms with Gasteiger partial charge in [0, 0.05) is 31.2 Å². The molecule has 49 heavy (non-hydrogen) atoms. The van der Waals surface area contributed by atoms with Gasteiger partial charge in [-0.05, 0) is 88.1 Å². The third-order valence-corrected chi connectivity index (χ3v) is 8.57. The molecule has 3 amide bonds. The summed E-state index contributed by atoms with van der Waals surface area (Å²) in [4.78, 5) is 64.1. The van der Waals surface area contributed by atoms with E-state index in [9.17, 15) is 24.0 Å². The van der Waals surface area contributed by atoms with E-state index < -0.39 is 41.7 Å². The van der Waals surface area contributed by atoms with Crippen LogP contribution in [0.1, 0.15) is 103 Å². The molecule has 0 bridgehead atoms. The fourth-order valence-corrected chi connectivity index (χ4v) is 5.98. The van der Waals surface area contributed by atoms with Crippen LogP contribution >= 0.6 is 0 Å². The van der Waals surface area contributed by atoms with Crippen molar-refractivity contribution in [2.75, 3.05) is 19.7 Å². The largest absolute Gasteiger partial charge is 0.449 e. The highest BCUT2D eigenvalue weighted by molar-refractivity contribution is 5.93. The summed E-state index contributed by atoms with van der Waals surface area (Å²) < 4.78 is 10.9. The lowest BCUT2D eigenvalue weighted by molar-refractivity contribution is -0.132. The van der Waals surface area contributed by atoms with Crippen LogP contribution in [-0.2, 0) is 23.9 Å². The second-order valence-electron chi connectivity index (χ2n) is 13.7. The zero-order valence-corrected chi connectivity index (χ0v) is 29.6. The summed E-state index contributed by atoms with van der Waals surface area (Å²) >= 11 is 0. The summed E-state index contributed by atoms with van der Waals surface area (Å²) in [6.07, 6.45) is 2.19. The van der Waals surface area contributed by atoms with E-state index in [1.165, 1.54) is 0 Å². The van der Waals surface area contributed by atoms with Crippen LogP contribution in [0, 0.1) is 5.92 Å². The molecule has 0 aromatic heterocycles. The molecule has 0 heterocycles. The maximum atomic E-state index is 13.4. The number of nitrogens with one attached hydrogen (secondary N) is 3. The highest BCUT2D eigenvalue weighted by atomic mass is 16.6. The summed E-state index contributed by atoms with van der Waals surface area (Å²) in [7, 11) is 0. The highest BCUT2D eigenvalue weighted by Crippen LogP contribution is 2.44. The SMILES string of the molecule is CCC(=O)C(CCCCNC(=O)OC(C)(C)C)NC(=O)C(C)CC(=O)C(CCCCN)NC(=O)OCC1c2ccccc2-c2ccccc21. The number of hydrogen-bond donors (Lipinski definition) is 4. The fraction of sp³-hybridized carbons (Fsp3) is 0.553. The van der Waals surface area contributed by atoms with Gasteiger partial charge in [-0.3, -0.25) is 14.4 Å². The lowest BCUT2D eigenvalue weighted by Crippen LogP contribution is -2.45. The monoisotopic (exact) mass is 678 g/mol. The van der Waals surface area contributed by atoms with Crippen molar-refractivity contribution in [1.82, 2.24) is 16.0 Å². The van der Waals surface area contributed by atoms with Crippen LogP contribution in [0.3, 0.4) is 0 Å². The summed E-state index contributed by atoms with van der Waals surface area (Å²) in [6.45, 7) is 9.68. The summed E-state index contributed by atoms with van der Waals surface area (Å²) in [5.41, 5.74) is 9.49. The third kappa shape index (κ3) is 12.3. The summed E-state index contributed by atoms with van der Waals surface area (Å²) in [6, 6.07) is 14.6. The number of hydrogen-bond acceptors (Lipinski definition) is 8. The van der Waals surface area contributed by atoms with Crippen molar-refractivity contribution < 1.29 is 33.4 Å². The molecule has 3 atom stereocenters. The first-order valence-electron chi connectivity index (χ1n) is 17.5. The van der Waals surface area contributed by atoms with E-state index in [4.69, 9.17) is 15.2 Å². The third-order valence-electron chi connectivity index (χ3n) is 8.57. The van der Waals surface area contributed by atoms with Gasteiger partial charge < -0.3 is 31.2 Å². The van der Waals surface area contributed by atoms with Crippen LogP contribution in [0.2, 0.25) is 0 Å². The molecule has 11 nitrogen and oxygen atoms in total. The number of amides is 3. The Bertz CT molecular complexity index is 1390. The van der Waals surface area contributed by atoms with Crippen molar-refractivity contribution in [2.24, 2.45) is 11.7 Å². The zero-order chi connectivity index (χ0) is 36.0. The van der Waals surface area contributed by atoms with Crippen molar-refractivity contribution in [3.05, 3.63) is 59.7 Å². The van der Waals surface area contributed by atoms with Gasteiger partial charge in [0.15, 0.2) is 11.6 Å². The number of benzene rings is 2. The molecule has 3 unspecified atom stereocenters. The Morgan fingerprint density at radius 2 is 1.37 bits per heavy atom. The molecule has 0 aliphatic heterocycles. The molecular formula is C38H54N4O7.